The molecule has 0 unspecified atom stereocenters. The Kier molecular flexibility index (Phi) is 3.03. The van der Waals surface area contributed by atoms with E-state index in [1.807, 2.05) is 24.3 Å². The van der Waals surface area contributed by atoms with Crippen molar-refractivity contribution in [2.75, 3.05) is 0 Å². The molecule has 3 nitrogen and oxygen atoms in total. The maximum absolute atomic E-state index is 5.96. The summed E-state index contributed by atoms with van der Waals surface area (Å²) in [7, 11) is -0.298. The minimum atomic E-state index is -0.298. The van der Waals surface area contributed by atoms with Crippen molar-refractivity contribution < 1.29 is 9.31 Å². The first-order valence-electron chi connectivity index (χ1n) is 6.99. The first-order valence-corrected chi connectivity index (χ1v) is 6.99. The molecule has 0 aliphatic carbocycles. The SMILES string of the molecule is CC1(C)OB(/C=C/c2c[nH]c3ccccc23)OC1(C)C. The summed E-state index contributed by atoms with van der Waals surface area (Å²) in [6.45, 7) is 8.25. The number of aromatic amines is 1. The van der Waals surface area contributed by atoms with Crippen LogP contribution in [0, 0.1) is 0 Å². The van der Waals surface area contributed by atoms with E-state index in [-0.39, 0.29) is 18.3 Å². The molecule has 0 radical (unpaired) electrons. The molecule has 104 valence electrons. The number of para-hydroxylation sites is 1. The summed E-state index contributed by atoms with van der Waals surface area (Å²) in [4.78, 5) is 3.26. The lowest BCUT2D eigenvalue weighted by Gasteiger charge is -2.32. The van der Waals surface area contributed by atoms with Crippen LogP contribution in [-0.2, 0) is 9.31 Å². The zero-order chi connectivity index (χ0) is 14.4. The smallest absolute Gasteiger partial charge is 0.400 e. The van der Waals surface area contributed by atoms with Gasteiger partial charge in [0.05, 0.1) is 11.2 Å². The molecule has 1 aromatic carbocycles. The van der Waals surface area contributed by atoms with Crippen LogP contribution in [0.25, 0.3) is 17.0 Å². The molecule has 4 heteroatoms. The molecule has 1 fully saturated rings. The van der Waals surface area contributed by atoms with Crippen LogP contribution in [0.15, 0.2) is 36.4 Å². The minimum absolute atomic E-state index is 0.289. The average Bonchev–Trinajstić information content (AvgIpc) is 2.86. The lowest BCUT2D eigenvalue weighted by molar-refractivity contribution is 0.00578. The molecule has 1 aliphatic rings. The van der Waals surface area contributed by atoms with Crippen LogP contribution in [0.3, 0.4) is 0 Å². The molecule has 0 amide bonds. The van der Waals surface area contributed by atoms with E-state index in [9.17, 15) is 0 Å². The monoisotopic (exact) mass is 269 g/mol. The predicted octanol–water partition coefficient (Wildman–Crippen LogP) is 3.81. The summed E-state index contributed by atoms with van der Waals surface area (Å²) >= 11 is 0. The number of fused-ring (bicyclic) bond motifs is 1. The van der Waals surface area contributed by atoms with Crippen molar-refractivity contribution >= 4 is 24.1 Å². The van der Waals surface area contributed by atoms with Crippen LogP contribution in [0.1, 0.15) is 33.3 Å². The van der Waals surface area contributed by atoms with Crippen LogP contribution in [0.2, 0.25) is 0 Å². The van der Waals surface area contributed by atoms with E-state index in [0.29, 0.717) is 0 Å². The van der Waals surface area contributed by atoms with Crippen LogP contribution in [0.4, 0.5) is 0 Å². The quantitative estimate of drug-likeness (QED) is 0.841. The number of aromatic nitrogens is 1. The molecule has 0 atom stereocenters. The molecule has 1 saturated heterocycles. The van der Waals surface area contributed by atoms with Crippen LogP contribution in [-0.4, -0.2) is 23.3 Å². The fourth-order valence-corrected chi connectivity index (χ4v) is 2.38. The highest BCUT2D eigenvalue weighted by Crippen LogP contribution is 2.37. The topological polar surface area (TPSA) is 34.2 Å². The lowest BCUT2D eigenvalue weighted by Crippen LogP contribution is -2.41. The fourth-order valence-electron chi connectivity index (χ4n) is 2.38. The van der Waals surface area contributed by atoms with Crippen molar-refractivity contribution in [3.05, 3.63) is 42.0 Å². The van der Waals surface area contributed by atoms with E-state index in [1.54, 1.807) is 0 Å². The van der Waals surface area contributed by atoms with Crippen molar-refractivity contribution in [2.45, 2.75) is 38.9 Å². The van der Waals surface area contributed by atoms with Gasteiger partial charge in [-0.3, -0.25) is 0 Å². The Labute approximate surface area is 120 Å². The molecule has 0 saturated carbocycles. The van der Waals surface area contributed by atoms with Crippen LogP contribution in [0.5, 0.6) is 0 Å². The summed E-state index contributed by atoms with van der Waals surface area (Å²) < 4.78 is 11.9. The van der Waals surface area contributed by atoms with Gasteiger partial charge in [0.25, 0.3) is 0 Å². The summed E-state index contributed by atoms with van der Waals surface area (Å²) in [5, 5.41) is 1.21. The van der Waals surface area contributed by atoms with Gasteiger partial charge in [-0.2, -0.15) is 0 Å². The maximum Gasteiger partial charge on any atom is 0.487 e. The molecule has 0 bridgehead atoms. The molecule has 1 aliphatic heterocycles. The molecule has 20 heavy (non-hydrogen) atoms. The fraction of sp³-hybridized carbons (Fsp3) is 0.375. The Hall–Kier alpha value is -1.52. The Morgan fingerprint density at radius 1 is 1.05 bits per heavy atom. The number of hydrogen-bond donors (Lipinski definition) is 1. The second-order valence-corrected chi connectivity index (χ2v) is 6.27. The molecule has 2 heterocycles. The number of H-pyrrole nitrogens is 1. The number of hydrogen-bond acceptors (Lipinski definition) is 2. The van der Waals surface area contributed by atoms with Gasteiger partial charge >= 0.3 is 7.12 Å². The van der Waals surface area contributed by atoms with Gasteiger partial charge in [0.1, 0.15) is 0 Å². The lowest BCUT2D eigenvalue weighted by atomic mass is 9.89. The molecule has 1 aromatic heterocycles. The van der Waals surface area contributed by atoms with Crippen LogP contribution >= 0.6 is 0 Å². The van der Waals surface area contributed by atoms with Crippen molar-refractivity contribution in [3.63, 3.8) is 0 Å². The highest BCUT2D eigenvalue weighted by molar-refractivity contribution is 6.52. The Morgan fingerprint density at radius 2 is 1.70 bits per heavy atom. The zero-order valence-corrected chi connectivity index (χ0v) is 12.4. The molecule has 2 aromatic rings. The molecular weight excluding hydrogens is 249 g/mol. The maximum atomic E-state index is 5.96. The van der Waals surface area contributed by atoms with Gasteiger partial charge in [0, 0.05) is 17.1 Å². The Morgan fingerprint density at radius 3 is 2.40 bits per heavy atom. The first-order chi connectivity index (χ1) is 9.39. The van der Waals surface area contributed by atoms with E-state index in [0.717, 1.165) is 11.1 Å². The van der Waals surface area contributed by atoms with E-state index in [4.69, 9.17) is 9.31 Å². The van der Waals surface area contributed by atoms with Crippen molar-refractivity contribution in [1.29, 1.82) is 0 Å². The first kappa shape index (κ1) is 13.5. The highest BCUT2D eigenvalue weighted by Gasteiger charge is 2.49. The molecular formula is C16H20BNO2. The van der Waals surface area contributed by atoms with Gasteiger partial charge in [-0.05, 0) is 39.3 Å². The summed E-state index contributed by atoms with van der Waals surface area (Å²) in [6.07, 6.45) is 4.06. The summed E-state index contributed by atoms with van der Waals surface area (Å²) in [5.74, 6) is 1.98. The second kappa shape index (κ2) is 4.50. The normalized spacial score (nSPS) is 21.1. The summed E-state index contributed by atoms with van der Waals surface area (Å²) in [5.41, 5.74) is 1.71. The van der Waals surface area contributed by atoms with E-state index >= 15 is 0 Å². The number of nitrogens with one attached hydrogen (secondary N) is 1. The largest absolute Gasteiger partial charge is 0.487 e. The third kappa shape index (κ3) is 2.19. The molecule has 3 rings (SSSR count). The van der Waals surface area contributed by atoms with E-state index < -0.39 is 0 Å². The van der Waals surface area contributed by atoms with E-state index in [2.05, 4.69) is 50.9 Å². The molecule has 0 spiro atoms. The number of rotatable bonds is 2. The van der Waals surface area contributed by atoms with Gasteiger partial charge in [-0.15, -0.1) is 0 Å². The average molecular weight is 269 g/mol. The van der Waals surface area contributed by atoms with Gasteiger partial charge in [-0.25, -0.2) is 0 Å². The molecule has 1 N–H and O–H groups in total. The van der Waals surface area contributed by atoms with Gasteiger partial charge in [0.2, 0.25) is 0 Å². The van der Waals surface area contributed by atoms with Gasteiger partial charge in [0.15, 0.2) is 0 Å². The minimum Gasteiger partial charge on any atom is -0.400 e. The van der Waals surface area contributed by atoms with Gasteiger partial charge in [-0.1, -0.05) is 30.3 Å². The third-order valence-corrected chi connectivity index (χ3v) is 4.33. The van der Waals surface area contributed by atoms with E-state index in [1.165, 1.54) is 5.39 Å². The summed E-state index contributed by atoms with van der Waals surface area (Å²) in [6, 6.07) is 8.25. The van der Waals surface area contributed by atoms with Crippen molar-refractivity contribution in [3.8, 4) is 0 Å². The number of benzene rings is 1. The van der Waals surface area contributed by atoms with Gasteiger partial charge < -0.3 is 14.3 Å². The van der Waals surface area contributed by atoms with Crippen LogP contribution < -0.4 is 0 Å². The van der Waals surface area contributed by atoms with Crippen molar-refractivity contribution in [1.82, 2.24) is 4.98 Å². The standard InChI is InChI=1S/C16H20BNO2/c1-15(2)16(3,4)20-17(19-15)10-9-12-11-18-14-8-6-5-7-13(12)14/h5-11,18H,1-4H3/b10-9+. The zero-order valence-electron chi connectivity index (χ0n) is 12.4. The Bertz CT molecular complexity index is 641. The predicted molar refractivity (Wildman–Crippen MR) is 83.4 cm³/mol. The second-order valence-electron chi connectivity index (χ2n) is 6.27. The van der Waals surface area contributed by atoms with Crippen molar-refractivity contribution in [2.24, 2.45) is 0 Å². The Balaban J connectivity index is 1.82. The third-order valence-electron chi connectivity index (χ3n) is 4.33. The highest BCUT2D eigenvalue weighted by atomic mass is 16.7.